The molecule has 0 aliphatic carbocycles. The molecule has 1 nitrogen and oxygen atoms in total. The van der Waals surface area contributed by atoms with Gasteiger partial charge >= 0.3 is 0 Å². The van der Waals surface area contributed by atoms with Gasteiger partial charge in [0.2, 0.25) is 6.69 Å². The summed E-state index contributed by atoms with van der Waals surface area (Å²) in [4.78, 5) is 3.94. The Hall–Kier alpha value is -0.0531. The lowest BCUT2D eigenvalue weighted by Gasteiger charge is -2.08. The predicted molar refractivity (Wildman–Crippen MR) is 56.1 cm³/mol. The van der Waals surface area contributed by atoms with E-state index in [2.05, 4.69) is 4.98 Å². The highest BCUT2D eigenvalue weighted by atomic mass is 35.7. The minimum absolute atomic E-state index is 0.903. The van der Waals surface area contributed by atoms with Crippen LogP contribution in [0.3, 0.4) is 0 Å². The van der Waals surface area contributed by atoms with Gasteiger partial charge in [0.05, 0.1) is 0 Å². The van der Waals surface area contributed by atoms with Gasteiger partial charge in [0.15, 0.2) is 0 Å². The Bertz CT molecular complexity index is 233. The molecule has 0 fully saturated rings. The van der Waals surface area contributed by atoms with Gasteiger partial charge in [-0.25, -0.2) is 0 Å². The molecule has 1 aromatic rings. The maximum absolute atomic E-state index is 5.97. The number of hydrogen-bond acceptors (Lipinski definition) is 1. The van der Waals surface area contributed by atoms with Crippen LogP contribution in [0.1, 0.15) is 5.56 Å². The van der Waals surface area contributed by atoms with Crippen molar-refractivity contribution in [2.24, 2.45) is 0 Å². The number of aromatic nitrogens is 1. The van der Waals surface area contributed by atoms with Crippen LogP contribution in [0.15, 0.2) is 24.5 Å². The highest BCUT2D eigenvalue weighted by Gasteiger charge is 2.19. The number of rotatable bonds is 3. The molecule has 4 heteroatoms. The summed E-state index contributed by atoms with van der Waals surface area (Å²) in [6, 6.07) is 4.89. The van der Waals surface area contributed by atoms with Gasteiger partial charge < -0.3 is 0 Å². The van der Waals surface area contributed by atoms with E-state index < -0.39 is 6.69 Å². The van der Waals surface area contributed by atoms with Crippen molar-refractivity contribution in [3.05, 3.63) is 30.1 Å². The quantitative estimate of drug-likeness (QED) is 0.563. The third-order valence-electron chi connectivity index (χ3n) is 1.60. The summed E-state index contributed by atoms with van der Waals surface area (Å²) >= 11 is 11.9. The fourth-order valence-electron chi connectivity index (χ4n) is 0.913. The van der Waals surface area contributed by atoms with E-state index in [1.54, 1.807) is 12.4 Å². The maximum Gasteiger partial charge on any atom is 0.248 e. The maximum atomic E-state index is 5.97. The van der Waals surface area contributed by atoms with Crippen molar-refractivity contribution in [3.63, 3.8) is 0 Å². The Morgan fingerprint density at radius 3 is 2.42 bits per heavy atom. The third-order valence-corrected chi connectivity index (χ3v) is 3.86. The lowest BCUT2D eigenvalue weighted by atomic mass is 10.2. The van der Waals surface area contributed by atoms with Crippen LogP contribution in [0.4, 0.5) is 0 Å². The largest absolute Gasteiger partial charge is 0.265 e. The fourth-order valence-corrected chi connectivity index (χ4v) is 2.21. The lowest BCUT2D eigenvalue weighted by molar-refractivity contribution is 1.10. The average molecular weight is 220 g/mol. The molecular weight excluding hydrogens is 209 g/mol. The summed E-state index contributed by atoms with van der Waals surface area (Å²) < 4.78 is 0. The Labute approximate surface area is 83.1 Å². The van der Waals surface area contributed by atoms with Crippen LogP contribution in [0.25, 0.3) is 0 Å². The Morgan fingerprint density at radius 2 is 1.92 bits per heavy atom. The third kappa shape index (κ3) is 4.09. The van der Waals surface area contributed by atoms with Gasteiger partial charge in [-0.1, -0.05) is 0 Å². The summed E-state index contributed by atoms with van der Waals surface area (Å²) in [5.74, 6) is 0. The van der Waals surface area contributed by atoms with Gasteiger partial charge in [-0.05, 0) is 36.7 Å². The van der Waals surface area contributed by atoms with Crippen LogP contribution < -0.4 is 0 Å². The molecular formula is C8H11Cl2NSi. The monoisotopic (exact) mass is 219 g/mol. The predicted octanol–water partition coefficient (Wildman–Crippen LogP) is 3.17. The van der Waals surface area contributed by atoms with Crippen LogP contribution in [0, 0.1) is 0 Å². The smallest absolute Gasteiger partial charge is 0.248 e. The van der Waals surface area contributed by atoms with E-state index in [0.29, 0.717) is 0 Å². The van der Waals surface area contributed by atoms with Crippen molar-refractivity contribution in [2.45, 2.75) is 19.0 Å². The summed E-state index contributed by atoms with van der Waals surface area (Å²) in [6.07, 6.45) is 4.53. The van der Waals surface area contributed by atoms with E-state index >= 15 is 0 Å². The number of hydrogen-bond donors (Lipinski definition) is 0. The molecule has 12 heavy (non-hydrogen) atoms. The Balaban J connectivity index is 2.44. The second-order valence-corrected chi connectivity index (χ2v) is 11.2. The Morgan fingerprint density at radius 1 is 1.33 bits per heavy atom. The van der Waals surface area contributed by atoms with E-state index in [-0.39, 0.29) is 0 Å². The molecule has 0 spiro atoms. The molecule has 0 aliphatic rings. The molecule has 0 aliphatic heterocycles. The first-order valence-electron chi connectivity index (χ1n) is 3.85. The molecule has 66 valence electrons. The summed E-state index contributed by atoms with van der Waals surface area (Å²) in [7, 11) is 0. The van der Waals surface area contributed by atoms with Crippen LogP contribution in [0.5, 0.6) is 0 Å². The average Bonchev–Trinajstić information content (AvgIpc) is 2.02. The van der Waals surface area contributed by atoms with Crippen LogP contribution in [0.2, 0.25) is 12.6 Å². The highest BCUT2D eigenvalue weighted by molar-refractivity contribution is 7.44. The second-order valence-electron chi connectivity index (χ2n) is 2.93. The van der Waals surface area contributed by atoms with E-state index in [1.807, 2.05) is 18.7 Å². The molecule has 0 unspecified atom stereocenters. The summed E-state index contributed by atoms with van der Waals surface area (Å²) in [5.41, 5.74) is 1.25. The zero-order chi connectivity index (χ0) is 9.03. The van der Waals surface area contributed by atoms with E-state index in [9.17, 15) is 0 Å². The van der Waals surface area contributed by atoms with E-state index in [0.717, 1.165) is 12.5 Å². The number of nitrogens with zero attached hydrogens (tertiary/aromatic N) is 1. The molecule has 0 aromatic carbocycles. The number of pyridine rings is 1. The molecule has 0 saturated heterocycles. The first-order valence-corrected chi connectivity index (χ1v) is 8.58. The molecule has 0 saturated carbocycles. The van der Waals surface area contributed by atoms with Crippen molar-refractivity contribution >= 4 is 28.9 Å². The normalized spacial score (nSPS) is 11.6. The minimum Gasteiger partial charge on any atom is -0.265 e. The highest BCUT2D eigenvalue weighted by Crippen LogP contribution is 2.21. The van der Waals surface area contributed by atoms with Crippen molar-refractivity contribution < 1.29 is 0 Å². The van der Waals surface area contributed by atoms with Gasteiger partial charge in [-0.15, -0.1) is 22.2 Å². The molecule has 0 N–H and O–H groups in total. The SMILES string of the molecule is C[Si](Cl)(Cl)CCc1ccncc1. The molecule has 0 bridgehead atoms. The molecule has 1 rings (SSSR count). The van der Waals surface area contributed by atoms with E-state index in [1.165, 1.54) is 5.56 Å². The zero-order valence-corrected chi connectivity index (χ0v) is 9.44. The van der Waals surface area contributed by atoms with E-state index in [4.69, 9.17) is 22.2 Å². The van der Waals surface area contributed by atoms with Crippen molar-refractivity contribution in [3.8, 4) is 0 Å². The molecule has 0 atom stereocenters. The molecule has 0 amide bonds. The Kier molecular flexibility index (Phi) is 3.56. The molecule has 1 heterocycles. The first kappa shape index (κ1) is 10.0. The standard InChI is InChI=1S/C8H11Cl2NSi/c1-12(9,10)7-4-8-2-5-11-6-3-8/h2-3,5-6H,4,7H2,1H3. The summed E-state index contributed by atoms with van der Waals surface area (Å²) in [5, 5.41) is 0. The number of halogens is 2. The topological polar surface area (TPSA) is 12.9 Å². The second kappa shape index (κ2) is 4.26. The first-order chi connectivity index (χ1) is 5.58. The zero-order valence-electron chi connectivity index (χ0n) is 6.93. The van der Waals surface area contributed by atoms with Gasteiger partial charge in [0.1, 0.15) is 0 Å². The van der Waals surface area contributed by atoms with Gasteiger partial charge in [0.25, 0.3) is 0 Å². The van der Waals surface area contributed by atoms with Gasteiger partial charge in [0, 0.05) is 12.4 Å². The van der Waals surface area contributed by atoms with Crippen molar-refractivity contribution in [1.29, 1.82) is 0 Å². The lowest BCUT2D eigenvalue weighted by Crippen LogP contribution is -2.13. The van der Waals surface area contributed by atoms with Gasteiger partial charge in [-0.2, -0.15) is 0 Å². The number of aryl methyl sites for hydroxylation is 1. The van der Waals surface area contributed by atoms with Crippen LogP contribution >= 0.6 is 22.2 Å². The van der Waals surface area contributed by atoms with Crippen molar-refractivity contribution in [2.75, 3.05) is 0 Å². The summed E-state index contributed by atoms with van der Waals surface area (Å²) in [6.45, 7) is 0.0258. The minimum atomic E-state index is -1.92. The van der Waals surface area contributed by atoms with Crippen LogP contribution in [-0.2, 0) is 6.42 Å². The van der Waals surface area contributed by atoms with Crippen LogP contribution in [-0.4, -0.2) is 11.7 Å². The van der Waals surface area contributed by atoms with Crippen molar-refractivity contribution in [1.82, 2.24) is 4.98 Å². The molecule has 0 radical (unpaired) electrons. The fraction of sp³-hybridized carbons (Fsp3) is 0.375. The van der Waals surface area contributed by atoms with Gasteiger partial charge in [-0.3, -0.25) is 4.98 Å². The molecule has 1 aromatic heterocycles.